The summed E-state index contributed by atoms with van der Waals surface area (Å²) >= 11 is 0. The Hall–Kier alpha value is -13.4. The highest BCUT2D eigenvalue weighted by Crippen LogP contribution is 2.54. The largest absolute Gasteiger partial charge is 0.379 e. The summed E-state index contributed by atoms with van der Waals surface area (Å²) in [4.78, 5) is 62.0. The zero-order valence-corrected chi connectivity index (χ0v) is 70.6. The molecule has 2 aliphatic carbocycles. The predicted octanol–water partition coefficient (Wildman–Crippen LogP) is 19.2. The summed E-state index contributed by atoms with van der Waals surface area (Å²) in [6.45, 7) is 9.81. The Labute approximate surface area is 732 Å². The zero-order chi connectivity index (χ0) is 85.3. The van der Waals surface area contributed by atoms with Crippen LogP contribution in [0.4, 0.5) is 27.1 Å². The van der Waals surface area contributed by atoms with E-state index in [0.29, 0.717) is 23.2 Å². The maximum atomic E-state index is 13.7. The van der Waals surface area contributed by atoms with Gasteiger partial charge >= 0.3 is 0 Å². The number of ether oxygens (including phenoxy) is 1. The molecule has 7 aliphatic heterocycles. The molecular formula is C107H100FN13O5. The van der Waals surface area contributed by atoms with E-state index >= 15 is 0 Å². The molecular weight excluding hydrogens is 1570 g/mol. The average Bonchev–Trinajstić information content (AvgIpc) is 1.24. The van der Waals surface area contributed by atoms with Gasteiger partial charge in [0.25, 0.3) is 11.1 Å². The summed E-state index contributed by atoms with van der Waals surface area (Å²) < 4.78 is 19.2. The first-order valence-electron chi connectivity index (χ1n) is 44.2. The molecule has 14 aromatic rings. The Balaban J connectivity index is 0.000000106. The van der Waals surface area contributed by atoms with Crippen molar-refractivity contribution in [2.75, 3.05) is 81.3 Å². The van der Waals surface area contributed by atoms with Crippen LogP contribution in [0.5, 0.6) is 0 Å². The number of H-pyrrole nitrogens is 2. The number of hydrogen-bond donors (Lipinski definition) is 7. The van der Waals surface area contributed by atoms with E-state index in [1.807, 2.05) is 91.0 Å². The van der Waals surface area contributed by atoms with Crippen LogP contribution in [-0.4, -0.2) is 118 Å². The van der Waals surface area contributed by atoms with Gasteiger partial charge in [0.05, 0.1) is 83.0 Å². The number of anilines is 4. The van der Waals surface area contributed by atoms with Crippen molar-refractivity contribution in [3.05, 3.63) is 418 Å². The van der Waals surface area contributed by atoms with Crippen LogP contribution in [0.3, 0.4) is 0 Å². The summed E-state index contributed by atoms with van der Waals surface area (Å²) in [6, 6.07) is 97.8. The number of carbonyl (C=O) groups excluding carboxylic acids is 2. The van der Waals surface area contributed by atoms with Gasteiger partial charge in [-0.1, -0.05) is 243 Å². The summed E-state index contributed by atoms with van der Waals surface area (Å²) in [6.07, 6.45) is 6.35. The molecule has 1 saturated carbocycles. The highest BCUT2D eigenvalue weighted by Gasteiger charge is 2.43. The van der Waals surface area contributed by atoms with Crippen LogP contribution in [0.15, 0.2) is 306 Å². The van der Waals surface area contributed by atoms with Crippen molar-refractivity contribution in [2.24, 2.45) is 4.99 Å². The molecule has 23 rings (SSSR count). The van der Waals surface area contributed by atoms with Gasteiger partial charge < -0.3 is 36.2 Å². The number of allylic oxidation sites excluding steroid dienone is 1. The third-order valence-corrected chi connectivity index (χ3v) is 26.2. The van der Waals surface area contributed by atoms with Gasteiger partial charge in [-0.05, 0) is 167 Å². The summed E-state index contributed by atoms with van der Waals surface area (Å²) in [5.74, 6) is 0.0109. The van der Waals surface area contributed by atoms with Crippen molar-refractivity contribution in [1.82, 2.24) is 40.4 Å². The maximum absolute atomic E-state index is 13.7. The maximum Gasteiger partial charge on any atom is 0.272 e. The minimum absolute atomic E-state index is 0.000669. The fraction of sp³-hybridized carbons (Fsp3) is 0.243. The van der Waals surface area contributed by atoms with Gasteiger partial charge in [0.1, 0.15) is 12.4 Å². The quantitative estimate of drug-likeness (QED) is 0.0451. The SMILES string of the molecule is CN(C)Cc1cccc(C2Nc3cccc4c(=O)[nH]nc(c34)C2c2ccccc2)c1.O=C1CC=C2c3c(cccc31)NC(c1ccc(CN3CCC3)cc1)C2c1ccc(F)cc1.O=C1CN=C2c3c(cccc31)NC(c1ccccc1)C2c1cccc(CNC2CC2)c1.O=c1[nH]nc2c3c(cccc13)NC(c1cccc(CN3CCOCC3)c1)C2c1ccccc1. The van der Waals surface area contributed by atoms with Gasteiger partial charge in [0.2, 0.25) is 0 Å². The Bertz CT molecular complexity index is 6590. The van der Waals surface area contributed by atoms with Crippen molar-refractivity contribution in [3.8, 4) is 0 Å². The van der Waals surface area contributed by atoms with E-state index in [1.54, 1.807) is 0 Å². The molecule has 2 saturated heterocycles. The number of rotatable bonds is 17. The number of halogens is 1. The Kier molecular flexibility index (Phi) is 22.9. The van der Waals surface area contributed by atoms with E-state index in [0.717, 1.165) is 136 Å². The lowest BCUT2D eigenvalue weighted by Crippen LogP contribution is -2.36. The van der Waals surface area contributed by atoms with E-state index in [4.69, 9.17) is 9.73 Å². The molecule has 12 aromatic carbocycles. The molecule has 9 heterocycles. The standard InChI is InChI=1S/C28H25FN2O.C27H26N4O2.C27H25N3O.C25H24N4O/c29-21-11-9-19(10-12-21)26-23-13-14-25(32)22-3-1-4-24(27(22)23)30-28(26)20-7-5-18(6-8-20)17-31-15-2-16-31;32-27-21-10-5-11-22-24(21)26(29-30-27)23(19-7-2-1-3-8-19)25(28-22)20-9-4-6-18(16-20)17-31-12-14-33-15-13-31;31-23-16-29-27-24(19-9-4-6-17(14-19)15-28-20-12-13-20)26(18-7-2-1-3-8-18)30-22-11-5-10-21(23)25(22)27;1-29(2)15-16-8-6-11-18(14-16)23-21(17-9-4-3-5-10-17)24-22-19(25(30)28-27-24)12-7-13-20(22)26-23/h1,3-13,26,28,30H,2,14-17H2;1-11,16,23,25,28H,12-15,17H2,(H,30,32);1-11,14,20,24,26,28,30H,12-13,15-16H2;3-14,21,23,26H,15H2,1-2H3,(H,28,30). The molecule has 3 fully saturated rings. The van der Waals surface area contributed by atoms with E-state index in [9.17, 15) is 23.6 Å². The Morgan fingerprint density at radius 2 is 0.889 bits per heavy atom. The molecule has 8 unspecified atom stereocenters. The van der Waals surface area contributed by atoms with Crippen molar-refractivity contribution >= 4 is 67.1 Å². The van der Waals surface area contributed by atoms with E-state index in [1.165, 1.54) is 106 Å². The molecule has 0 bridgehead atoms. The number of aromatic nitrogens is 4. The minimum Gasteiger partial charge on any atom is -0.379 e. The number of nitrogens with one attached hydrogen (secondary N) is 7. The van der Waals surface area contributed by atoms with Gasteiger partial charge in [-0.3, -0.25) is 34.0 Å². The van der Waals surface area contributed by atoms with Crippen molar-refractivity contribution in [3.63, 3.8) is 0 Å². The predicted molar refractivity (Wildman–Crippen MR) is 500 cm³/mol. The van der Waals surface area contributed by atoms with Crippen LogP contribution in [-0.2, 0) is 30.9 Å². The van der Waals surface area contributed by atoms with Crippen molar-refractivity contribution < 1.29 is 18.7 Å². The number of aliphatic imine (C=N–C) groups is 1. The molecule has 630 valence electrons. The fourth-order valence-electron chi connectivity index (χ4n) is 19.9. The van der Waals surface area contributed by atoms with Crippen LogP contribution in [0.1, 0.15) is 184 Å². The molecule has 0 radical (unpaired) electrons. The molecule has 7 N–H and O–H groups in total. The van der Waals surface area contributed by atoms with E-state index in [-0.39, 0.29) is 82.9 Å². The molecule has 9 aliphatic rings. The van der Waals surface area contributed by atoms with Crippen LogP contribution in [0.2, 0.25) is 0 Å². The van der Waals surface area contributed by atoms with Crippen LogP contribution >= 0.6 is 0 Å². The molecule has 126 heavy (non-hydrogen) atoms. The highest BCUT2D eigenvalue weighted by atomic mass is 19.1. The topological polar surface area (TPSA) is 217 Å². The lowest BCUT2D eigenvalue weighted by Gasteiger charge is -2.40. The van der Waals surface area contributed by atoms with Gasteiger partial charge in [-0.2, -0.15) is 10.2 Å². The van der Waals surface area contributed by atoms with Crippen LogP contribution in [0, 0.1) is 5.82 Å². The number of likely N-dealkylation sites (tertiary alicyclic amines) is 1. The van der Waals surface area contributed by atoms with Gasteiger partial charge in [0, 0.05) is 113 Å². The van der Waals surface area contributed by atoms with E-state index < -0.39 is 0 Å². The highest BCUT2D eigenvalue weighted by molar-refractivity contribution is 6.21. The van der Waals surface area contributed by atoms with Crippen molar-refractivity contribution in [2.45, 2.75) is 106 Å². The number of Topliss-reactive ketones (excluding diaryl/α,β-unsaturated/α-hetero) is 2. The normalized spacial score (nSPS) is 20.5. The second-order valence-electron chi connectivity index (χ2n) is 34.8. The number of benzene rings is 12. The molecule has 8 atom stereocenters. The molecule has 0 amide bonds. The second kappa shape index (κ2) is 35.7. The number of aromatic amines is 2. The first-order chi connectivity index (χ1) is 61.8. The second-order valence-corrected chi connectivity index (χ2v) is 34.8. The molecule has 19 heteroatoms. The molecule has 2 aromatic heterocycles. The van der Waals surface area contributed by atoms with Gasteiger partial charge in [0.15, 0.2) is 11.6 Å². The minimum atomic E-state index is -0.238. The lowest BCUT2D eigenvalue weighted by molar-refractivity contribution is 0.0342. The summed E-state index contributed by atoms with van der Waals surface area (Å²) in [7, 11) is 4.16. The van der Waals surface area contributed by atoms with Gasteiger partial charge in [-0.15, -0.1) is 0 Å². The number of morpholine rings is 1. The number of carbonyl (C=O) groups is 2. The van der Waals surface area contributed by atoms with Crippen LogP contribution in [0.25, 0.3) is 27.1 Å². The van der Waals surface area contributed by atoms with E-state index in [2.05, 4.69) is 264 Å². The van der Waals surface area contributed by atoms with Crippen LogP contribution < -0.4 is 37.7 Å². The Morgan fingerprint density at radius 3 is 1.48 bits per heavy atom. The summed E-state index contributed by atoms with van der Waals surface area (Å²) in [5, 5.41) is 36.4. The first-order valence-corrected chi connectivity index (χ1v) is 44.2. The first kappa shape index (κ1) is 81.0. The monoisotopic (exact) mass is 1670 g/mol. The lowest BCUT2D eigenvalue weighted by atomic mass is 9.72. The third kappa shape index (κ3) is 16.6. The summed E-state index contributed by atoms with van der Waals surface area (Å²) in [5.41, 5.74) is 25.8. The average molecular weight is 1670 g/mol. The number of ketones is 2. The number of nitrogens with zero attached hydrogens (tertiary/aromatic N) is 6. The van der Waals surface area contributed by atoms with Crippen molar-refractivity contribution in [1.29, 1.82) is 0 Å². The molecule has 18 nitrogen and oxygen atoms in total. The molecule has 0 spiro atoms. The fourth-order valence-corrected chi connectivity index (χ4v) is 19.9. The Morgan fingerprint density at radius 1 is 0.429 bits per heavy atom. The van der Waals surface area contributed by atoms with Gasteiger partial charge in [-0.25, -0.2) is 14.6 Å². The number of hydrogen-bond acceptors (Lipinski definition) is 16. The zero-order valence-electron chi connectivity index (χ0n) is 70.6. The smallest absolute Gasteiger partial charge is 0.272 e. The third-order valence-electron chi connectivity index (χ3n) is 26.2.